The fourth-order valence-electron chi connectivity index (χ4n) is 0.770. The van der Waals surface area contributed by atoms with Crippen LogP contribution < -0.4 is 0 Å². The summed E-state index contributed by atoms with van der Waals surface area (Å²) in [5, 5.41) is 0. The van der Waals surface area contributed by atoms with E-state index in [2.05, 4.69) is 27.7 Å². The molecular formula is C17H46O2. The molecule has 0 aliphatic heterocycles. The standard InChI is InChI=1S/C6H14O.C6H13O.4CH4.CH3/c2*1-4-6(2)5-7-3;;;;;/h6H,4-5H2,1-3H3;6H,1,4-5H2,2-3H3;4*1H4;1H3/q;+1;;;;;-1. The fourth-order valence-corrected chi connectivity index (χ4v) is 0.770. The topological polar surface area (TPSA) is 18.5 Å². The van der Waals surface area contributed by atoms with Gasteiger partial charge in [0.25, 0.3) is 0 Å². The average Bonchev–Trinajstić information content (AvgIpc) is 2.19. The lowest BCUT2D eigenvalue weighted by Crippen LogP contribution is -2.00. The van der Waals surface area contributed by atoms with Gasteiger partial charge in [0.1, 0.15) is 0 Å². The number of ether oxygens (including phenoxy) is 2. The first-order chi connectivity index (χ1) is 6.62. The summed E-state index contributed by atoms with van der Waals surface area (Å²) in [5.41, 5.74) is 0. The smallest absolute Gasteiger partial charge is 0.0898 e. The number of hydrogen-bond acceptors (Lipinski definition) is 2. The van der Waals surface area contributed by atoms with Gasteiger partial charge in [-0.05, 0) is 5.92 Å². The highest BCUT2D eigenvalue weighted by Crippen LogP contribution is 1.98. The largest absolute Gasteiger partial charge is 0.384 e. The molecule has 0 saturated carbocycles. The number of hydrogen-bond donors (Lipinski definition) is 0. The van der Waals surface area contributed by atoms with E-state index < -0.39 is 0 Å². The molecular weight excluding hydrogens is 236 g/mol. The molecule has 2 atom stereocenters. The molecule has 2 unspecified atom stereocenters. The Morgan fingerprint density at radius 1 is 0.842 bits per heavy atom. The van der Waals surface area contributed by atoms with Crippen LogP contribution in [-0.4, -0.2) is 27.4 Å². The van der Waals surface area contributed by atoms with Crippen molar-refractivity contribution in [2.75, 3.05) is 27.4 Å². The Labute approximate surface area is 127 Å². The maximum atomic E-state index is 4.89. The van der Waals surface area contributed by atoms with E-state index in [0.717, 1.165) is 25.6 Å². The summed E-state index contributed by atoms with van der Waals surface area (Å²) >= 11 is 0. The summed E-state index contributed by atoms with van der Waals surface area (Å²) in [6.07, 6.45) is 2.18. The molecule has 0 bridgehead atoms. The van der Waals surface area contributed by atoms with Gasteiger partial charge in [-0.2, -0.15) is 0 Å². The van der Waals surface area contributed by atoms with Gasteiger partial charge >= 0.3 is 0 Å². The molecule has 0 spiro atoms. The molecule has 0 saturated heterocycles. The van der Waals surface area contributed by atoms with E-state index in [0.29, 0.717) is 5.92 Å². The average molecular weight is 283 g/mol. The second-order valence-corrected chi connectivity index (χ2v) is 3.82. The molecule has 0 N–H and O–H groups in total. The maximum Gasteiger partial charge on any atom is 0.0898 e. The number of rotatable bonds is 6. The molecule has 126 valence electrons. The van der Waals surface area contributed by atoms with Crippen LogP contribution in [0.15, 0.2) is 0 Å². The Kier molecular flexibility index (Phi) is 81.2. The molecule has 0 fully saturated rings. The van der Waals surface area contributed by atoms with Crippen molar-refractivity contribution < 1.29 is 9.47 Å². The van der Waals surface area contributed by atoms with Crippen molar-refractivity contribution in [3.63, 3.8) is 0 Å². The third-order valence-corrected chi connectivity index (χ3v) is 2.09. The van der Waals surface area contributed by atoms with Gasteiger partial charge in [-0.1, -0.05) is 56.9 Å². The molecule has 0 aliphatic rings. The molecule has 2 nitrogen and oxygen atoms in total. The predicted molar refractivity (Wildman–Crippen MR) is 95.7 cm³/mol. The van der Waals surface area contributed by atoms with Crippen molar-refractivity contribution in [3.8, 4) is 0 Å². The maximum absolute atomic E-state index is 4.89. The Balaban J connectivity index is -0.0000000240. The van der Waals surface area contributed by atoms with Crippen LogP contribution >= 0.6 is 0 Å². The summed E-state index contributed by atoms with van der Waals surface area (Å²) in [4.78, 5) is 0. The van der Waals surface area contributed by atoms with E-state index in [9.17, 15) is 0 Å². The Bertz CT molecular complexity index is 83.3. The first-order valence-electron chi connectivity index (χ1n) is 5.39. The van der Waals surface area contributed by atoms with E-state index in [1.54, 1.807) is 14.2 Å². The highest BCUT2D eigenvalue weighted by Gasteiger charge is 1.98. The molecule has 19 heavy (non-hydrogen) atoms. The zero-order valence-electron chi connectivity index (χ0n) is 11.5. The van der Waals surface area contributed by atoms with Crippen molar-refractivity contribution in [1.29, 1.82) is 0 Å². The van der Waals surface area contributed by atoms with Crippen LogP contribution in [-0.2, 0) is 9.47 Å². The predicted octanol–water partition coefficient (Wildman–Crippen LogP) is 6.17. The van der Waals surface area contributed by atoms with E-state index in [-0.39, 0.29) is 37.1 Å². The van der Waals surface area contributed by atoms with Crippen LogP contribution in [0.1, 0.15) is 63.3 Å². The minimum Gasteiger partial charge on any atom is -0.384 e. The third kappa shape index (κ3) is 46.3. The van der Waals surface area contributed by atoms with Gasteiger partial charge in [0, 0.05) is 26.7 Å². The molecule has 0 aromatic heterocycles. The number of methoxy groups -OCH3 is 2. The molecule has 2 heteroatoms. The first-order valence-corrected chi connectivity index (χ1v) is 5.39. The second-order valence-electron chi connectivity index (χ2n) is 3.82. The van der Waals surface area contributed by atoms with Crippen LogP contribution in [0.25, 0.3) is 0 Å². The lowest BCUT2D eigenvalue weighted by atomic mass is 10.1. The zero-order chi connectivity index (χ0) is 11.4. The monoisotopic (exact) mass is 282 g/mol. The molecule has 0 aromatic carbocycles. The van der Waals surface area contributed by atoms with Crippen molar-refractivity contribution in [2.24, 2.45) is 11.8 Å². The van der Waals surface area contributed by atoms with E-state index in [4.69, 9.17) is 9.47 Å². The lowest BCUT2D eigenvalue weighted by molar-refractivity contribution is 0.158. The molecule has 0 rings (SSSR count). The van der Waals surface area contributed by atoms with Gasteiger partial charge in [0.15, 0.2) is 0 Å². The molecule has 0 heterocycles. The van der Waals surface area contributed by atoms with Gasteiger partial charge in [0.05, 0.1) is 20.0 Å². The van der Waals surface area contributed by atoms with Gasteiger partial charge in [-0.3, -0.25) is 0 Å². The summed E-state index contributed by atoms with van der Waals surface area (Å²) in [6, 6.07) is 0. The van der Waals surface area contributed by atoms with Crippen LogP contribution in [0.3, 0.4) is 0 Å². The van der Waals surface area contributed by atoms with Crippen molar-refractivity contribution >= 4 is 0 Å². The van der Waals surface area contributed by atoms with Crippen molar-refractivity contribution in [1.82, 2.24) is 0 Å². The van der Waals surface area contributed by atoms with Crippen molar-refractivity contribution in [3.05, 3.63) is 14.4 Å². The third-order valence-electron chi connectivity index (χ3n) is 2.09. The lowest BCUT2D eigenvalue weighted by Gasteiger charge is -2.03. The molecule has 0 aliphatic carbocycles. The van der Waals surface area contributed by atoms with E-state index in [1.165, 1.54) is 6.42 Å². The first kappa shape index (κ1) is 42.8. The van der Waals surface area contributed by atoms with Crippen LogP contribution in [0.2, 0.25) is 0 Å². The summed E-state index contributed by atoms with van der Waals surface area (Å²) in [5.74, 6) is 1.34. The van der Waals surface area contributed by atoms with Gasteiger partial charge in [0.2, 0.25) is 0 Å². The summed E-state index contributed by atoms with van der Waals surface area (Å²) in [7, 11) is 3.46. The quantitative estimate of drug-likeness (QED) is 0.543. The Morgan fingerprint density at radius 2 is 1.16 bits per heavy atom. The highest BCUT2D eigenvalue weighted by atomic mass is 16.5. The molecule has 0 amide bonds. The van der Waals surface area contributed by atoms with Gasteiger partial charge < -0.3 is 16.9 Å². The zero-order valence-corrected chi connectivity index (χ0v) is 11.5. The normalized spacial score (nSPS) is 10.4. The van der Waals surface area contributed by atoms with E-state index >= 15 is 0 Å². The van der Waals surface area contributed by atoms with Crippen LogP contribution in [0.4, 0.5) is 0 Å². The van der Waals surface area contributed by atoms with Gasteiger partial charge in [-0.15, -0.1) is 0 Å². The second kappa shape index (κ2) is 36.1. The fraction of sp³-hybridized carbons (Fsp3) is 0.882. The Hall–Kier alpha value is -0.210. The van der Waals surface area contributed by atoms with Crippen LogP contribution in [0, 0.1) is 26.2 Å². The van der Waals surface area contributed by atoms with Crippen LogP contribution in [0.5, 0.6) is 0 Å². The van der Waals surface area contributed by atoms with E-state index in [1.807, 2.05) is 0 Å². The molecule has 0 radical (unpaired) electrons. The van der Waals surface area contributed by atoms with Gasteiger partial charge in [-0.25, -0.2) is 0 Å². The Morgan fingerprint density at radius 3 is 1.26 bits per heavy atom. The summed E-state index contributed by atoms with van der Waals surface area (Å²) in [6.45, 7) is 11.9. The minimum absolute atomic E-state index is 0. The minimum atomic E-state index is 0. The van der Waals surface area contributed by atoms with Crippen molar-refractivity contribution in [2.45, 2.75) is 63.3 Å². The highest BCUT2D eigenvalue weighted by molar-refractivity contribution is 4.50. The molecule has 0 aromatic rings. The SMILES string of the molecule is C.C.C.C.CCC(C)COC.[CH2+]CC(C)COC.[CH3-]. The summed E-state index contributed by atoms with van der Waals surface area (Å²) < 4.78 is 9.75.